The number of rotatable bonds is 15. The highest BCUT2D eigenvalue weighted by molar-refractivity contribution is 5.75. The summed E-state index contributed by atoms with van der Waals surface area (Å²) < 4.78 is 9.28. The summed E-state index contributed by atoms with van der Waals surface area (Å²) in [6.07, 6.45) is 3.61. The van der Waals surface area contributed by atoms with Crippen molar-refractivity contribution in [2.24, 2.45) is 0 Å². The monoisotopic (exact) mass is 376 g/mol. The lowest BCUT2D eigenvalue weighted by atomic mass is 10.1. The van der Waals surface area contributed by atoms with Gasteiger partial charge >= 0.3 is 11.9 Å². The number of hydrogen-bond acceptors (Lipinski definition) is 8. The smallest absolute Gasteiger partial charge is 0.302 e. The predicted octanol–water partition coefficient (Wildman–Crippen LogP) is 0.549. The molecule has 0 heterocycles. The van der Waals surface area contributed by atoms with Crippen molar-refractivity contribution >= 4 is 23.8 Å². The van der Waals surface area contributed by atoms with E-state index in [-0.39, 0.29) is 38.2 Å². The highest BCUT2D eigenvalue weighted by atomic mass is 16.7. The average molecular weight is 376 g/mol. The Balaban J connectivity index is 3.35. The van der Waals surface area contributed by atoms with Crippen LogP contribution in [0.1, 0.15) is 52.4 Å². The molecule has 2 amide bonds. The molecule has 0 radical (unpaired) electrons. The number of nitrogens with one attached hydrogen (secondary N) is 2. The zero-order valence-corrected chi connectivity index (χ0v) is 15.3. The van der Waals surface area contributed by atoms with Crippen LogP contribution >= 0.6 is 0 Å². The lowest BCUT2D eigenvalue weighted by molar-refractivity contribution is -0.146. The van der Waals surface area contributed by atoms with Crippen molar-refractivity contribution in [1.82, 2.24) is 11.0 Å². The Bertz CT molecular complexity index is 402. The van der Waals surface area contributed by atoms with E-state index in [1.54, 1.807) is 0 Å². The Kier molecular flexibility index (Phi) is 14.9. The van der Waals surface area contributed by atoms with Gasteiger partial charge in [-0.05, 0) is 12.8 Å². The van der Waals surface area contributed by atoms with Crippen molar-refractivity contribution in [1.29, 1.82) is 0 Å². The first kappa shape index (κ1) is 23.8. The number of unbranched alkanes of at least 4 members (excludes halogenated alkanes) is 3. The van der Waals surface area contributed by atoms with Crippen LogP contribution in [0.3, 0.4) is 0 Å². The molecule has 10 nitrogen and oxygen atoms in total. The van der Waals surface area contributed by atoms with Crippen LogP contribution in [0.5, 0.6) is 0 Å². The lowest BCUT2D eigenvalue weighted by Gasteiger charge is -2.07. The first-order chi connectivity index (χ1) is 12.4. The molecule has 0 spiro atoms. The maximum atomic E-state index is 11.4. The van der Waals surface area contributed by atoms with Gasteiger partial charge in [-0.3, -0.25) is 28.9 Å². The van der Waals surface area contributed by atoms with E-state index in [1.807, 2.05) is 0 Å². The van der Waals surface area contributed by atoms with Gasteiger partial charge < -0.3 is 9.47 Å². The molecule has 0 aliphatic heterocycles. The zero-order chi connectivity index (χ0) is 19.6. The van der Waals surface area contributed by atoms with Crippen LogP contribution in [0.25, 0.3) is 0 Å². The van der Waals surface area contributed by atoms with Crippen LogP contribution in [0.2, 0.25) is 0 Å². The Hall–Kier alpha value is -2.20. The summed E-state index contributed by atoms with van der Waals surface area (Å²) >= 11 is 0. The fourth-order valence-corrected chi connectivity index (χ4v) is 1.74. The van der Waals surface area contributed by atoms with E-state index in [1.165, 1.54) is 13.8 Å². The Morgan fingerprint density at radius 2 is 1.00 bits per heavy atom. The molecule has 0 aromatic carbocycles. The molecular weight excluding hydrogens is 348 g/mol. The van der Waals surface area contributed by atoms with Gasteiger partial charge in [0.15, 0.2) is 0 Å². The van der Waals surface area contributed by atoms with Gasteiger partial charge in [0.05, 0.1) is 0 Å². The standard InChI is InChI=1S/C16H28N2O8/c1-13(19)23-9-11-25-17-15(21)7-5-3-4-6-8-16(22)18-26-12-10-24-14(2)20/h3-12H2,1-2H3,(H,17,21)(H,18,22). The second-order valence-corrected chi connectivity index (χ2v) is 5.34. The summed E-state index contributed by atoms with van der Waals surface area (Å²) in [7, 11) is 0. The first-order valence-corrected chi connectivity index (χ1v) is 8.49. The Morgan fingerprint density at radius 3 is 1.35 bits per heavy atom. The second-order valence-electron chi connectivity index (χ2n) is 5.34. The summed E-state index contributed by atoms with van der Waals surface area (Å²) in [5.41, 5.74) is 4.53. The second kappa shape index (κ2) is 16.3. The average Bonchev–Trinajstić information content (AvgIpc) is 2.56. The fraction of sp³-hybridized carbons (Fsp3) is 0.750. The molecular formula is C16H28N2O8. The van der Waals surface area contributed by atoms with Gasteiger partial charge in [-0.15, -0.1) is 0 Å². The Morgan fingerprint density at radius 1 is 0.615 bits per heavy atom. The molecule has 0 atom stereocenters. The number of carbonyl (C=O) groups is 4. The minimum atomic E-state index is -0.401. The van der Waals surface area contributed by atoms with Crippen molar-refractivity contribution < 1.29 is 38.3 Å². The zero-order valence-electron chi connectivity index (χ0n) is 15.3. The molecule has 0 rings (SSSR count). The third-order valence-corrected chi connectivity index (χ3v) is 2.91. The van der Waals surface area contributed by atoms with Crippen LogP contribution in [0.4, 0.5) is 0 Å². The summed E-state index contributed by atoms with van der Waals surface area (Å²) in [6.45, 7) is 2.96. The van der Waals surface area contributed by atoms with Crippen molar-refractivity contribution in [3.8, 4) is 0 Å². The first-order valence-electron chi connectivity index (χ1n) is 8.49. The molecule has 26 heavy (non-hydrogen) atoms. The van der Waals surface area contributed by atoms with Gasteiger partial charge in [0, 0.05) is 26.7 Å². The van der Waals surface area contributed by atoms with E-state index < -0.39 is 11.9 Å². The topological polar surface area (TPSA) is 129 Å². The molecule has 0 aliphatic rings. The maximum Gasteiger partial charge on any atom is 0.302 e. The molecule has 0 aromatic heterocycles. The van der Waals surface area contributed by atoms with Gasteiger partial charge in [-0.1, -0.05) is 12.8 Å². The van der Waals surface area contributed by atoms with Gasteiger partial charge in [0.1, 0.15) is 26.4 Å². The molecule has 0 unspecified atom stereocenters. The van der Waals surface area contributed by atoms with E-state index in [2.05, 4.69) is 20.4 Å². The minimum Gasteiger partial charge on any atom is -0.463 e. The minimum absolute atomic E-state index is 0.0884. The summed E-state index contributed by atoms with van der Waals surface area (Å²) in [5, 5.41) is 0. The largest absolute Gasteiger partial charge is 0.463 e. The lowest BCUT2D eigenvalue weighted by Crippen LogP contribution is -2.25. The number of hydrogen-bond donors (Lipinski definition) is 2. The third-order valence-electron chi connectivity index (χ3n) is 2.91. The molecule has 0 saturated carbocycles. The maximum absolute atomic E-state index is 11.4. The number of ether oxygens (including phenoxy) is 2. The van der Waals surface area contributed by atoms with Crippen molar-refractivity contribution in [3.63, 3.8) is 0 Å². The number of carbonyl (C=O) groups excluding carboxylic acids is 4. The van der Waals surface area contributed by atoms with E-state index in [4.69, 9.17) is 9.68 Å². The third kappa shape index (κ3) is 18.1. The van der Waals surface area contributed by atoms with Crippen LogP contribution < -0.4 is 11.0 Å². The van der Waals surface area contributed by atoms with Gasteiger partial charge in [0.25, 0.3) is 0 Å². The highest BCUT2D eigenvalue weighted by Gasteiger charge is 2.04. The molecule has 10 heteroatoms. The van der Waals surface area contributed by atoms with Crippen LogP contribution in [-0.4, -0.2) is 50.2 Å². The molecule has 0 fully saturated rings. The van der Waals surface area contributed by atoms with Crippen molar-refractivity contribution in [2.45, 2.75) is 52.4 Å². The fourth-order valence-electron chi connectivity index (χ4n) is 1.74. The normalized spacial score (nSPS) is 10.1. The number of amides is 2. The Labute approximate surface area is 152 Å². The van der Waals surface area contributed by atoms with Crippen molar-refractivity contribution in [3.05, 3.63) is 0 Å². The quantitative estimate of drug-likeness (QED) is 0.241. The van der Waals surface area contributed by atoms with Crippen LogP contribution in [0.15, 0.2) is 0 Å². The molecule has 2 N–H and O–H groups in total. The molecule has 0 aromatic rings. The summed E-state index contributed by atoms with van der Waals surface area (Å²) in [4.78, 5) is 53.6. The summed E-state index contributed by atoms with van der Waals surface area (Å²) in [5.74, 6) is -1.29. The van der Waals surface area contributed by atoms with E-state index in [0.29, 0.717) is 25.7 Å². The van der Waals surface area contributed by atoms with E-state index >= 15 is 0 Å². The predicted molar refractivity (Wildman–Crippen MR) is 89.2 cm³/mol. The van der Waals surface area contributed by atoms with Gasteiger partial charge in [0.2, 0.25) is 11.8 Å². The van der Waals surface area contributed by atoms with E-state index in [0.717, 1.165) is 12.8 Å². The molecule has 0 bridgehead atoms. The highest BCUT2D eigenvalue weighted by Crippen LogP contribution is 2.05. The van der Waals surface area contributed by atoms with Crippen LogP contribution in [-0.2, 0) is 38.3 Å². The number of esters is 2. The van der Waals surface area contributed by atoms with Crippen molar-refractivity contribution in [2.75, 3.05) is 26.4 Å². The molecule has 0 saturated heterocycles. The number of hydroxylamine groups is 2. The van der Waals surface area contributed by atoms with Gasteiger partial charge in [-0.2, -0.15) is 0 Å². The molecule has 0 aliphatic carbocycles. The van der Waals surface area contributed by atoms with Gasteiger partial charge in [-0.25, -0.2) is 11.0 Å². The van der Waals surface area contributed by atoms with Crippen LogP contribution in [0, 0.1) is 0 Å². The van der Waals surface area contributed by atoms with E-state index in [9.17, 15) is 19.2 Å². The molecule has 150 valence electrons. The summed E-state index contributed by atoms with van der Waals surface area (Å²) in [6, 6.07) is 0. The SMILES string of the molecule is CC(=O)OCCONC(=O)CCCCCCC(=O)NOCCOC(C)=O.